The summed E-state index contributed by atoms with van der Waals surface area (Å²) in [6.45, 7) is 0.844. The minimum Gasteiger partial charge on any atom is -0.370 e. The highest BCUT2D eigenvalue weighted by molar-refractivity contribution is 5.78. The molecule has 0 atom stereocenters. The van der Waals surface area contributed by atoms with Gasteiger partial charge in [0.15, 0.2) is 0 Å². The number of pyridine rings is 1. The lowest BCUT2D eigenvalue weighted by Gasteiger charge is -2.07. The molecule has 0 unspecified atom stereocenters. The monoisotopic (exact) mass is 302 g/mol. The van der Waals surface area contributed by atoms with Gasteiger partial charge in [-0.1, -0.05) is 48.5 Å². The van der Waals surface area contributed by atoms with Gasteiger partial charge in [0.05, 0.1) is 0 Å². The van der Waals surface area contributed by atoms with Crippen molar-refractivity contribution in [2.45, 2.75) is 6.42 Å². The molecule has 0 saturated heterocycles. The molecule has 1 heterocycles. The first-order valence-electron chi connectivity index (χ1n) is 7.64. The number of anilines is 1. The number of aromatic nitrogens is 1. The lowest BCUT2D eigenvalue weighted by atomic mass is 10.1. The number of carbonyl (C=O) groups excluding carboxylic acids is 1. The molecule has 0 aliphatic carbocycles. The first-order valence-corrected chi connectivity index (χ1v) is 7.64. The average Bonchev–Trinajstić information content (AvgIpc) is 2.63. The van der Waals surface area contributed by atoms with Crippen LogP contribution in [0.15, 0.2) is 72.9 Å². The smallest absolute Gasteiger partial charge is 0.150 e. The number of aldehydes is 1. The van der Waals surface area contributed by atoms with Crippen LogP contribution >= 0.6 is 0 Å². The zero-order valence-electron chi connectivity index (χ0n) is 12.8. The Morgan fingerprint density at radius 2 is 1.78 bits per heavy atom. The van der Waals surface area contributed by atoms with Crippen LogP contribution in [0.25, 0.3) is 11.1 Å². The Kier molecular flexibility index (Phi) is 4.79. The minimum absolute atomic E-state index is 0.674. The molecule has 3 nitrogen and oxygen atoms in total. The molecule has 3 aromatic rings. The van der Waals surface area contributed by atoms with Crippen molar-refractivity contribution in [3.05, 3.63) is 84.1 Å². The zero-order chi connectivity index (χ0) is 15.9. The summed E-state index contributed by atoms with van der Waals surface area (Å²) in [4.78, 5) is 15.3. The van der Waals surface area contributed by atoms with Gasteiger partial charge in [-0.15, -0.1) is 0 Å². The standard InChI is InChI=1S/C20H18N2O/c23-15-17-7-4-8-18(13-17)19-9-10-20(22-14-19)21-12-11-16-5-2-1-3-6-16/h1-10,13-15H,11-12H2,(H,21,22). The first kappa shape index (κ1) is 15.0. The van der Waals surface area contributed by atoms with Gasteiger partial charge in [0.2, 0.25) is 0 Å². The molecule has 0 saturated carbocycles. The van der Waals surface area contributed by atoms with E-state index in [1.807, 2.05) is 42.6 Å². The van der Waals surface area contributed by atoms with E-state index in [1.165, 1.54) is 5.56 Å². The van der Waals surface area contributed by atoms with Crippen LogP contribution in [0.1, 0.15) is 15.9 Å². The lowest BCUT2D eigenvalue weighted by Crippen LogP contribution is -2.05. The van der Waals surface area contributed by atoms with Gasteiger partial charge in [0, 0.05) is 23.9 Å². The van der Waals surface area contributed by atoms with E-state index in [-0.39, 0.29) is 0 Å². The van der Waals surface area contributed by atoms with Crippen LogP contribution in [-0.2, 0) is 6.42 Å². The molecule has 1 N–H and O–H groups in total. The van der Waals surface area contributed by atoms with Crippen molar-refractivity contribution >= 4 is 12.1 Å². The van der Waals surface area contributed by atoms with Crippen LogP contribution in [0.2, 0.25) is 0 Å². The van der Waals surface area contributed by atoms with Gasteiger partial charge in [-0.25, -0.2) is 4.98 Å². The summed E-state index contributed by atoms with van der Waals surface area (Å²) in [5.41, 5.74) is 3.98. The molecular formula is C20H18N2O. The van der Waals surface area contributed by atoms with Crippen LogP contribution < -0.4 is 5.32 Å². The third-order valence-corrected chi connectivity index (χ3v) is 3.68. The molecular weight excluding hydrogens is 284 g/mol. The largest absolute Gasteiger partial charge is 0.370 e. The fourth-order valence-corrected chi connectivity index (χ4v) is 2.44. The van der Waals surface area contributed by atoms with Gasteiger partial charge in [0.25, 0.3) is 0 Å². The Morgan fingerprint density at radius 3 is 2.52 bits per heavy atom. The van der Waals surface area contributed by atoms with Crippen molar-refractivity contribution in [1.29, 1.82) is 0 Å². The highest BCUT2D eigenvalue weighted by Crippen LogP contribution is 2.20. The molecule has 23 heavy (non-hydrogen) atoms. The summed E-state index contributed by atoms with van der Waals surface area (Å²) < 4.78 is 0. The summed E-state index contributed by atoms with van der Waals surface area (Å²) in [6, 6.07) is 21.9. The molecule has 1 aromatic heterocycles. The third kappa shape index (κ3) is 4.04. The molecule has 0 aliphatic heterocycles. The van der Waals surface area contributed by atoms with Crippen molar-refractivity contribution in [1.82, 2.24) is 4.98 Å². The highest BCUT2D eigenvalue weighted by atomic mass is 16.1. The molecule has 114 valence electrons. The molecule has 0 fully saturated rings. The van der Waals surface area contributed by atoms with E-state index < -0.39 is 0 Å². The van der Waals surface area contributed by atoms with Gasteiger partial charge in [0.1, 0.15) is 12.1 Å². The van der Waals surface area contributed by atoms with Crippen LogP contribution in [0.3, 0.4) is 0 Å². The number of nitrogens with zero attached hydrogens (tertiary/aromatic N) is 1. The minimum atomic E-state index is 0.674. The second kappa shape index (κ2) is 7.36. The van der Waals surface area contributed by atoms with Gasteiger partial charge in [-0.2, -0.15) is 0 Å². The third-order valence-electron chi connectivity index (χ3n) is 3.68. The van der Waals surface area contributed by atoms with Gasteiger partial charge >= 0.3 is 0 Å². The maximum absolute atomic E-state index is 10.9. The summed E-state index contributed by atoms with van der Waals surface area (Å²) in [5, 5.41) is 3.33. The Hall–Kier alpha value is -2.94. The van der Waals surface area contributed by atoms with Gasteiger partial charge < -0.3 is 5.32 Å². The predicted molar refractivity (Wildman–Crippen MR) is 93.7 cm³/mol. The Balaban J connectivity index is 1.61. The average molecular weight is 302 g/mol. The van der Waals surface area contributed by atoms with Crippen molar-refractivity contribution in [3.8, 4) is 11.1 Å². The zero-order valence-corrected chi connectivity index (χ0v) is 12.8. The van der Waals surface area contributed by atoms with Gasteiger partial charge in [-0.3, -0.25) is 4.79 Å². The predicted octanol–water partition coefficient (Wildman–Crippen LogP) is 4.22. The number of benzene rings is 2. The number of rotatable bonds is 6. The fraction of sp³-hybridized carbons (Fsp3) is 0.100. The number of carbonyl (C=O) groups is 1. The fourth-order valence-electron chi connectivity index (χ4n) is 2.44. The SMILES string of the molecule is O=Cc1cccc(-c2ccc(NCCc3ccccc3)nc2)c1. The molecule has 0 aliphatic rings. The van der Waals surface area contributed by atoms with Gasteiger partial charge in [-0.05, 0) is 35.7 Å². The molecule has 3 rings (SSSR count). The molecule has 0 bridgehead atoms. The summed E-state index contributed by atoms with van der Waals surface area (Å²) in [7, 11) is 0. The van der Waals surface area contributed by atoms with Crippen LogP contribution in [0.5, 0.6) is 0 Å². The summed E-state index contributed by atoms with van der Waals surface area (Å²) >= 11 is 0. The number of hydrogen-bond donors (Lipinski definition) is 1. The highest BCUT2D eigenvalue weighted by Gasteiger charge is 2.01. The van der Waals surface area contributed by atoms with Crippen LogP contribution in [0, 0.1) is 0 Å². The van der Waals surface area contributed by atoms with E-state index in [2.05, 4.69) is 34.6 Å². The molecule has 0 radical (unpaired) electrons. The van der Waals surface area contributed by atoms with Crippen LogP contribution in [-0.4, -0.2) is 17.8 Å². The molecule has 0 spiro atoms. The van der Waals surface area contributed by atoms with Crippen molar-refractivity contribution < 1.29 is 4.79 Å². The molecule has 3 heteroatoms. The summed E-state index contributed by atoms with van der Waals surface area (Å²) in [5.74, 6) is 0.858. The number of nitrogens with one attached hydrogen (secondary N) is 1. The quantitative estimate of drug-likeness (QED) is 0.693. The van der Waals surface area contributed by atoms with Crippen molar-refractivity contribution in [2.24, 2.45) is 0 Å². The van der Waals surface area contributed by atoms with Crippen molar-refractivity contribution in [2.75, 3.05) is 11.9 Å². The van der Waals surface area contributed by atoms with Crippen LogP contribution in [0.4, 0.5) is 5.82 Å². The first-order chi connectivity index (χ1) is 11.3. The van der Waals surface area contributed by atoms with E-state index in [1.54, 1.807) is 6.07 Å². The number of hydrogen-bond acceptors (Lipinski definition) is 3. The van der Waals surface area contributed by atoms with E-state index in [0.29, 0.717) is 5.56 Å². The molecule has 0 amide bonds. The Morgan fingerprint density at radius 1 is 0.913 bits per heavy atom. The van der Waals surface area contributed by atoms with E-state index in [0.717, 1.165) is 36.2 Å². The maximum Gasteiger partial charge on any atom is 0.150 e. The topological polar surface area (TPSA) is 42.0 Å². The molecule has 2 aromatic carbocycles. The second-order valence-corrected chi connectivity index (χ2v) is 5.34. The lowest BCUT2D eigenvalue weighted by molar-refractivity contribution is 0.112. The summed E-state index contributed by atoms with van der Waals surface area (Å²) in [6.07, 6.45) is 3.65. The van der Waals surface area contributed by atoms with E-state index >= 15 is 0 Å². The maximum atomic E-state index is 10.9. The Labute approximate surface area is 136 Å². The second-order valence-electron chi connectivity index (χ2n) is 5.34. The normalized spacial score (nSPS) is 10.3. The Bertz CT molecular complexity index is 767. The van der Waals surface area contributed by atoms with E-state index in [4.69, 9.17) is 0 Å². The van der Waals surface area contributed by atoms with Crippen molar-refractivity contribution in [3.63, 3.8) is 0 Å². The van der Waals surface area contributed by atoms with E-state index in [9.17, 15) is 4.79 Å².